The fourth-order valence-corrected chi connectivity index (χ4v) is 2.45. The first-order valence-electron chi connectivity index (χ1n) is 6.28. The van der Waals surface area contributed by atoms with Crippen molar-refractivity contribution in [2.45, 2.75) is 6.04 Å². The second kappa shape index (κ2) is 8.30. The molecule has 2 N–H and O–H groups in total. The van der Waals surface area contributed by atoms with Crippen LogP contribution in [0.5, 0.6) is 11.5 Å². The van der Waals surface area contributed by atoms with Gasteiger partial charge in [-0.1, -0.05) is 0 Å². The Kier molecular flexibility index (Phi) is 7.05. The fraction of sp³-hybridized carbons (Fsp3) is 0.571. The second-order valence-corrected chi connectivity index (χ2v) is 5.36. The molecule has 0 aliphatic carbocycles. The number of hydrogen-bond acceptors (Lipinski definition) is 5. The average molecular weight is 284 g/mol. The minimum atomic E-state index is 0.177. The highest BCUT2D eigenvalue weighted by Crippen LogP contribution is 2.28. The molecule has 0 radical (unpaired) electrons. The molecule has 1 unspecified atom stereocenters. The molecule has 0 fully saturated rings. The molecule has 0 aliphatic heterocycles. The Hall–Kier alpha value is -0.910. The third kappa shape index (κ3) is 4.60. The van der Waals surface area contributed by atoms with E-state index in [4.69, 9.17) is 15.2 Å². The van der Waals surface area contributed by atoms with Crippen LogP contribution in [-0.2, 0) is 0 Å². The molecule has 19 heavy (non-hydrogen) atoms. The third-order valence-electron chi connectivity index (χ3n) is 3.16. The van der Waals surface area contributed by atoms with Crippen molar-refractivity contribution in [1.82, 2.24) is 4.90 Å². The summed E-state index contributed by atoms with van der Waals surface area (Å²) < 4.78 is 10.6. The SMILES string of the molecule is COc1cc(OC)cc(C(CN)N(C)CCSC)c1. The maximum atomic E-state index is 5.93. The summed E-state index contributed by atoms with van der Waals surface area (Å²) in [5.74, 6) is 2.69. The summed E-state index contributed by atoms with van der Waals surface area (Å²) in [7, 11) is 5.42. The molecule has 0 amide bonds. The number of nitrogens with two attached hydrogens (primary N) is 1. The van der Waals surface area contributed by atoms with E-state index in [2.05, 4.69) is 18.2 Å². The quantitative estimate of drug-likeness (QED) is 0.791. The Morgan fingerprint density at radius 1 is 1.21 bits per heavy atom. The van der Waals surface area contributed by atoms with Crippen LogP contribution >= 0.6 is 11.8 Å². The number of rotatable bonds is 8. The number of methoxy groups -OCH3 is 2. The summed E-state index contributed by atoms with van der Waals surface area (Å²) in [5.41, 5.74) is 7.06. The van der Waals surface area contributed by atoms with E-state index < -0.39 is 0 Å². The maximum Gasteiger partial charge on any atom is 0.122 e. The molecule has 0 heterocycles. The summed E-state index contributed by atoms with van der Waals surface area (Å²) in [5, 5.41) is 0. The maximum absolute atomic E-state index is 5.93. The van der Waals surface area contributed by atoms with Crippen LogP contribution < -0.4 is 15.2 Å². The molecule has 0 saturated heterocycles. The first-order valence-corrected chi connectivity index (χ1v) is 7.67. The monoisotopic (exact) mass is 284 g/mol. The summed E-state index contributed by atoms with van der Waals surface area (Å²) >= 11 is 1.84. The van der Waals surface area contributed by atoms with Crippen molar-refractivity contribution >= 4 is 11.8 Å². The Bertz CT molecular complexity index is 365. The zero-order valence-corrected chi connectivity index (χ0v) is 13.0. The van der Waals surface area contributed by atoms with Gasteiger partial charge in [0.2, 0.25) is 0 Å². The van der Waals surface area contributed by atoms with E-state index in [0.717, 1.165) is 29.4 Å². The van der Waals surface area contributed by atoms with Crippen LogP contribution in [0, 0.1) is 0 Å². The predicted molar refractivity (Wildman–Crippen MR) is 82.4 cm³/mol. The third-order valence-corrected chi connectivity index (χ3v) is 3.75. The van der Waals surface area contributed by atoms with E-state index in [1.54, 1.807) is 14.2 Å². The number of likely N-dealkylation sites (N-methyl/N-ethyl adjacent to an activating group) is 1. The van der Waals surface area contributed by atoms with Gasteiger partial charge in [0.25, 0.3) is 0 Å². The van der Waals surface area contributed by atoms with Crippen molar-refractivity contribution in [1.29, 1.82) is 0 Å². The number of hydrogen-bond donors (Lipinski definition) is 1. The lowest BCUT2D eigenvalue weighted by Gasteiger charge is -2.27. The Balaban J connectivity index is 2.96. The van der Waals surface area contributed by atoms with Crippen molar-refractivity contribution < 1.29 is 9.47 Å². The lowest BCUT2D eigenvalue weighted by atomic mass is 10.0. The molecule has 1 aromatic rings. The largest absolute Gasteiger partial charge is 0.497 e. The van der Waals surface area contributed by atoms with Crippen LogP contribution in [0.1, 0.15) is 11.6 Å². The van der Waals surface area contributed by atoms with Crippen molar-refractivity contribution in [2.24, 2.45) is 5.73 Å². The van der Waals surface area contributed by atoms with Gasteiger partial charge in [0.1, 0.15) is 11.5 Å². The van der Waals surface area contributed by atoms with Crippen molar-refractivity contribution in [3.8, 4) is 11.5 Å². The molecule has 0 bridgehead atoms. The van der Waals surface area contributed by atoms with E-state index >= 15 is 0 Å². The Morgan fingerprint density at radius 2 is 1.79 bits per heavy atom. The van der Waals surface area contributed by atoms with Gasteiger partial charge in [-0.15, -0.1) is 0 Å². The molecule has 1 rings (SSSR count). The van der Waals surface area contributed by atoms with Crippen LogP contribution in [0.2, 0.25) is 0 Å². The minimum absolute atomic E-state index is 0.177. The van der Waals surface area contributed by atoms with Crippen LogP contribution in [0.4, 0.5) is 0 Å². The topological polar surface area (TPSA) is 47.7 Å². The van der Waals surface area contributed by atoms with Gasteiger partial charge in [-0.3, -0.25) is 4.90 Å². The summed E-state index contributed by atoms with van der Waals surface area (Å²) in [6.45, 7) is 1.57. The lowest BCUT2D eigenvalue weighted by molar-refractivity contribution is 0.264. The second-order valence-electron chi connectivity index (χ2n) is 4.37. The molecule has 5 heteroatoms. The Labute approximate surface area is 120 Å². The summed E-state index contributed by atoms with van der Waals surface area (Å²) in [4.78, 5) is 2.27. The molecular formula is C14H24N2O2S. The van der Waals surface area contributed by atoms with Crippen molar-refractivity contribution in [3.05, 3.63) is 23.8 Å². The number of nitrogens with zero attached hydrogens (tertiary/aromatic N) is 1. The van der Waals surface area contributed by atoms with Gasteiger partial charge in [-0.2, -0.15) is 11.8 Å². The Morgan fingerprint density at radius 3 is 2.21 bits per heavy atom. The lowest BCUT2D eigenvalue weighted by Crippen LogP contribution is -2.32. The summed E-state index contributed by atoms with van der Waals surface area (Å²) in [6.07, 6.45) is 2.11. The number of ether oxygens (including phenoxy) is 2. The highest BCUT2D eigenvalue weighted by atomic mass is 32.2. The zero-order valence-electron chi connectivity index (χ0n) is 12.2. The van der Waals surface area contributed by atoms with E-state index in [1.165, 1.54) is 0 Å². The van der Waals surface area contributed by atoms with E-state index in [9.17, 15) is 0 Å². The van der Waals surface area contributed by atoms with Gasteiger partial charge in [0, 0.05) is 31.0 Å². The average Bonchev–Trinajstić information content (AvgIpc) is 2.45. The highest BCUT2D eigenvalue weighted by Gasteiger charge is 2.17. The standard InChI is InChI=1S/C14H24N2O2S/c1-16(5-6-19-4)14(10-15)11-7-12(17-2)9-13(8-11)18-3/h7-9,14H,5-6,10,15H2,1-4H3. The molecule has 0 saturated carbocycles. The van der Waals surface area contributed by atoms with Gasteiger partial charge in [-0.05, 0) is 31.0 Å². The van der Waals surface area contributed by atoms with Crippen molar-refractivity contribution in [3.63, 3.8) is 0 Å². The van der Waals surface area contributed by atoms with Crippen LogP contribution in [0.3, 0.4) is 0 Å². The molecule has 0 spiro atoms. The van der Waals surface area contributed by atoms with Gasteiger partial charge in [-0.25, -0.2) is 0 Å². The zero-order chi connectivity index (χ0) is 14.3. The molecule has 1 atom stereocenters. The van der Waals surface area contributed by atoms with Crippen LogP contribution in [-0.4, -0.2) is 51.3 Å². The van der Waals surface area contributed by atoms with E-state index in [1.807, 2.05) is 30.0 Å². The van der Waals surface area contributed by atoms with Crippen LogP contribution in [0.25, 0.3) is 0 Å². The first kappa shape index (κ1) is 16.1. The van der Waals surface area contributed by atoms with Gasteiger partial charge >= 0.3 is 0 Å². The normalized spacial score (nSPS) is 12.5. The molecule has 0 aliphatic rings. The molecular weight excluding hydrogens is 260 g/mol. The molecule has 4 nitrogen and oxygen atoms in total. The smallest absolute Gasteiger partial charge is 0.122 e. The number of thioether (sulfide) groups is 1. The molecule has 1 aromatic carbocycles. The van der Waals surface area contributed by atoms with Crippen LogP contribution in [0.15, 0.2) is 18.2 Å². The first-order chi connectivity index (χ1) is 9.15. The van der Waals surface area contributed by atoms with E-state index in [-0.39, 0.29) is 6.04 Å². The minimum Gasteiger partial charge on any atom is -0.497 e. The van der Waals surface area contributed by atoms with E-state index in [0.29, 0.717) is 6.54 Å². The summed E-state index contributed by atoms with van der Waals surface area (Å²) in [6, 6.07) is 6.10. The van der Waals surface area contributed by atoms with Gasteiger partial charge in [0.15, 0.2) is 0 Å². The van der Waals surface area contributed by atoms with Gasteiger partial charge in [0.05, 0.1) is 14.2 Å². The number of benzene rings is 1. The van der Waals surface area contributed by atoms with Gasteiger partial charge < -0.3 is 15.2 Å². The molecule has 108 valence electrons. The fourth-order valence-electron chi connectivity index (χ4n) is 1.98. The molecule has 0 aromatic heterocycles. The highest BCUT2D eigenvalue weighted by molar-refractivity contribution is 7.98. The predicted octanol–water partition coefficient (Wildman–Crippen LogP) is 2.00. The van der Waals surface area contributed by atoms with Crippen molar-refractivity contribution in [2.75, 3.05) is 46.4 Å².